The summed E-state index contributed by atoms with van der Waals surface area (Å²) in [4.78, 5) is 11.6. The number of aryl methyl sites for hydroxylation is 2. The van der Waals surface area contributed by atoms with Crippen molar-refractivity contribution in [3.8, 4) is 11.1 Å². The summed E-state index contributed by atoms with van der Waals surface area (Å²) in [6.07, 6.45) is 3.10. The van der Waals surface area contributed by atoms with Gasteiger partial charge in [-0.1, -0.05) is 36.4 Å². The van der Waals surface area contributed by atoms with Crippen molar-refractivity contribution >= 4 is 47.5 Å². The van der Waals surface area contributed by atoms with Crippen molar-refractivity contribution in [1.82, 2.24) is 3.97 Å². The molecule has 2 aromatic carbocycles. The van der Waals surface area contributed by atoms with Crippen molar-refractivity contribution in [1.29, 1.82) is 0 Å². The van der Waals surface area contributed by atoms with Crippen LogP contribution in [0.25, 0.3) is 22.0 Å². The van der Waals surface area contributed by atoms with E-state index in [2.05, 4.69) is 56.5 Å². The molecule has 3 aromatic rings. The van der Waals surface area contributed by atoms with E-state index in [0.29, 0.717) is 0 Å². The Kier molecular flexibility index (Phi) is 4.08. The molecule has 0 amide bonds. The molecule has 0 N–H and O–H groups in total. The smallest absolute Gasteiger partial charge is 0.151 e. The van der Waals surface area contributed by atoms with Crippen LogP contribution >= 0.6 is 30.3 Å². The summed E-state index contributed by atoms with van der Waals surface area (Å²) in [7, 11) is 1.62. The fraction of sp³-hybridized carbons (Fsp3) is 0.118. The third-order valence-corrected chi connectivity index (χ3v) is 5.46. The quantitative estimate of drug-likeness (QED) is 0.418. The fourth-order valence-corrected chi connectivity index (χ4v) is 4.22. The molecule has 0 atom stereocenters. The number of hydrogen-bond acceptors (Lipinski definition) is 2. The average molecular weight is 407 g/mol. The lowest BCUT2D eigenvalue weighted by Gasteiger charge is -2.08. The summed E-state index contributed by atoms with van der Waals surface area (Å²) in [5.74, 6) is 0. The van der Waals surface area contributed by atoms with Crippen LogP contribution in [0.1, 0.15) is 21.5 Å². The summed E-state index contributed by atoms with van der Waals surface area (Å²) in [5.41, 5.74) is 6.39. The first-order valence-electron chi connectivity index (χ1n) is 6.62. The molecule has 1 heterocycles. The molecule has 0 aliphatic heterocycles. The van der Waals surface area contributed by atoms with E-state index in [0.717, 1.165) is 39.4 Å². The maximum absolute atomic E-state index is 11.6. The number of hydrogen-bond donors (Lipinski definition) is 0. The van der Waals surface area contributed by atoms with Crippen molar-refractivity contribution < 1.29 is 4.79 Å². The maximum Gasteiger partial charge on any atom is 0.151 e. The van der Waals surface area contributed by atoms with Crippen molar-refractivity contribution in [3.05, 3.63) is 59.3 Å². The molecule has 1 aromatic heterocycles. The van der Waals surface area contributed by atoms with E-state index in [1.54, 1.807) is 9.12 Å². The van der Waals surface area contributed by atoms with Gasteiger partial charge < -0.3 is 0 Å². The van der Waals surface area contributed by atoms with Crippen LogP contribution in [0.5, 0.6) is 0 Å². The number of fused-ring (bicyclic) bond motifs is 1. The Morgan fingerprint density at radius 2 is 1.86 bits per heavy atom. The van der Waals surface area contributed by atoms with Gasteiger partial charge in [0.05, 0.1) is 5.52 Å². The predicted octanol–water partition coefficient (Wildman–Crippen LogP) is 5.58. The second-order valence-corrected chi connectivity index (χ2v) is 6.78. The number of aromatic nitrogens is 1. The normalized spacial score (nSPS) is 11.0. The SMILES string of the molecule is Cc1cc(C)c2c(c(-c3ccccc3)cn2SI)c1C=O. The van der Waals surface area contributed by atoms with E-state index in [-0.39, 0.29) is 0 Å². The van der Waals surface area contributed by atoms with E-state index >= 15 is 0 Å². The number of halogens is 1. The molecular weight excluding hydrogens is 393 g/mol. The molecular formula is C17H14INOS. The third kappa shape index (κ3) is 2.40. The third-order valence-electron chi connectivity index (χ3n) is 3.75. The number of benzene rings is 2. The molecule has 0 saturated carbocycles. The van der Waals surface area contributed by atoms with Crippen molar-refractivity contribution in [2.24, 2.45) is 0 Å². The second-order valence-electron chi connectivity index (χ2n) is 5.07. The number of nitrogens with zero attached hydrogens (tertiary/aromatic N) is 1. The largest absolute Gasteiger partial charge is 0.298 e. The second kappa shape index (κ2) is 5.85. The topological polar surface area (TPSA) is 22.0 Å². The van der Waals surface area contributed by atoms with Crippen LogP contribution in [-0.4, -0.2) is 10.3 Å². The van der Waals surface area contributed by atoms with E-state index in [1.807, 2.05) is 25.1 Å². The van der Waals surface area contributed by atoms with Gasteiger partial charge in [0.2, 0.25) is 0 Å². The van der Waals surface area contributed by atoms with Gasteiger partial charge in [-0.25, -0.2) is 0 Å². The molecule has 0 saturated heterocycles. The monoisotopic (exact) mass is 407 g/mol. The molecule has 3 rings (SSSR count). The standard InChI is InChI=1S/C17H14INOS/c1-11-8-12(2)17-16(15(11)10-20)14(9-19(17)21-18)13-6-4-3-5-7-13/h3-10H,1-2H3. The zero-order chi connectivity index (χ0) is 15.0. The van der Waals surface area contributed by atoms with Gasteiger partial charge in [0, 0.05) is 53.0 Å². The molecule has 4 heteroatoms. The summed E-state index contributed by atoms with van der Waals surface area (Å²) < 4.78 is 2.14. The highest BCUT2D eigenvalue weighted by molar-refractivity contribution is 14.2. The molecule has 0 unspecified atom stereocenters. The van der Waals surface area contributed by atoms with Gasteiger partial charge in [0.25, 0.3) is 0 Å². The van der Waals surface area contributed by atoms with Crippen LogP contribution in [0.2, 0.25) is 0 Å². The fourth-order valence-electron chi connectivity index (χ4n) is 2.84. The van der Waals surface area contributed by atoms with Crippen LogP contribution in [0.4, 0.5) is 0 Å². The molecule has 0 radical (unpaired) electrons. The average Bonchev–Trinajstić information content (AvgIpc) is 2.88. The minimum absolute atomic E-state index is 0.790. The van der Waals surface area contributed by atoms with Crippen LogP contribution < -0.4 is 0 Å². The van der Waals surface area contributed by atoms with E-state index < -0.39 is 0 Å². The van der Waals surface area contributed by atoms with Crippen LogP contribution in [-0.2, 0) is 0 Å². The Hall–Kier alpha value is -1.27. The lowest BCUT2D eigenvalue weighted by Crippen LogP contribution is -1.93. The first-order chi connectivity index (χ1) is 10.2. The summed E-state index contributed by atoms with van der Waals surface area (Å²) in [5, 5.41) is 1.05. The molecule has 2 nitrogen and oxygen atoms in total. The van der Waals surface area contributed by atoms with Gasteiger partial charge in [-0.15, -0.1) is 0 Å². The Bertz CT molecular complexity index is 824. The minimum Gasteiger partial charge on any atom is -0.298 e. The molecule has 21 heavy (non-hydrogen) atoms. The Balaban J connectivity index is 2.48. The lowest BCUT2D eigenvalue weighted by molar-refractivity contribution is 0.112. The zero-order valence-electron chi connectivity index (χ0n) is 11.8. The molecule has 0 aliphatic carbocycles. The van der Waals surface area contributed by atoms with Crippen LogP contribution in [0.15, 0.2) is 42.6 Å². The van der Waals surface area contributed by atoms with Crippen molar-refractivity contribution in [3.63, 3.8) is 0 Å². The van der Waals surface area contributed by atoms with Gasteiger partial charge in [-0.2, -0.15) is 0 Å². The molecule has 0 fully saturated rings. The number of carbonyl (C=O) groups is 1. The van der Waals surface area contributed by atoms with Crippen LogP contribution in [0.3, 0.4) is 0 Å². The molecule has 0 aliphatic rings. The lowest BCUT2D eigenvalue weighted by atomic mass is 9.96. The maximum atomic E-state index is 11.6. The summed E-state index contributed by atoms with van der Waals surface area (Å²) >= 11 is 2.27. The van der Waals surface area contributed by atoms with Gasteiger partial charge in [-0.05, 0) is 30.5 Å². The molecule has 106 valence electrons. The highest BCUT2D eigenvalue weighted by Crippen LogP contribution is 2.38. The Morgan fingerprint density at radius 1 is 1.14 bits per heavy atom. The van der Waals surface area contributed by atoms with E-state index in [9.17, 15) is 4.79 Å². The number of aldehydes is 1. The van der Waals surface area contributed by atoms with Crippen molar-refractivity contribution in [2.75, 3.05) is 0 Å². The zero-order valence-corrected chi connectivity index (χ0v) is 14.7. The highest BCUT2D eigenvalue weighted by atomic mass is 127. The van der Waals surface area contributed by atoms with Crippen molar-refractivity contribution in [2.45, 2.75) is 13.8 Å². The van der Waals surface area contributed by atoms with Crippen LogP contribution in [0, 0.1) is 13.8 Å². The van der Waals surface area contributed by atoms with E-state index in [1.165, 1.54) is 5.56 Å². The minimum atomic E-state index is 0.790. The predicted molar refractivity (Wildman–Crippen MR) is 99.2 cm³/mol. The molecule has 0 spiro atoms. The first kappa shape index (κ1) is 14.7. The molecule has 0 bridgehead atoms. The van der Waals surface area contributed by atoms with Gasteiger partial charge in [-0.3, -0.25) is 8.77 Å². The summed E-state index contributed by atoms with van der Waals surface area (Å²) in [6, 6.07) is 12.3. The summed E-state index contributed by atoms with van der Waals surface area (Å²) in [6.45, 7) is 4.10. The highest BCUT2D eigenvalue weighted by Gasteiger charge is 2.17. The van der Waals surface area contributed by atoms with Gasteiger partial charge in [0.15, 0.2) is 6.29 Å². The first-order valence-corrected chi connectivity index (χ1v) is 9.94. The Morgan fingerprint density at radius 3 is 2.48 bits per heavy atom. The van der Waals surface area contributed by atoms with Gasteiger partial charge in [0.1, 0.15) is 0 Å². The number of rotatable bonds is 3. The van der Waals surface area contributed by atoms with E-state index in [4.69, 9.17) is 0 Å². The Labute approximate surface area is 140 Å². The number of carbonyl (C=O) groups excluding carboxylic acids is 1. The van der Waals surface area contributed by atoms with Gasteiger partial charge >= 0.3 is 0 Å².